The van der Waals surface area contributed by atoms with Crippen LogP contribution in [0.15, 0.2) is 18.5 Å². The minimum Gasteiger partial charge on any atom is -0.381 e. The van der Waals surface area contributed by atoms with Crippen LogP contribution >= 0.6 is 0 Å². The summed E-state index contributed by atoms with van der Waals surface area (Å²) >= 11 is 0. The molecule has 2 heterocycles. The van der Waals surface area contributed by atoms with Crippen LogP contribution < -0.4 is 0 Å². The summed E-state index contributed by atoms with van der Waals surface area (Å²) in [5, 5.41) is 4.12. The van der Waals surface area contributed by atoms with Crippen molar-refractivity contribution in [1.82, 2.24) is 14.7 Å². The maximum Gasteiger partial charge on any atom is 0.244 e. The van der Waals surface area contributed by atoms with E-state index in [-0.39, 0.29) is 11.3 Å². The Balaban J connectivity index is 1.69. The maximum atomic E-state index is 12.5. The zero-order chi connectivity index (χ0) is 14.2. The van der Waals surface area contributed by atoms with Crippen LogP contribution in [0.5, 0.6) is 0 Å². The molecule has 1 aliphatic heterocycles. The number of carbonyl (C=O) groups excluding carboxylic acids is 1. The van der Waals surface area contributed by atoms with E-state index < -0.39 is 0 Å². The first-order valence-corrected chi connectivity index (χ1v) is 7.42. The molecule has 0 radical (unpaired) electrons. The van der Waals surface area contributed by atoms with Gasteiger partial charge in [-0.05, 0) is 37.2 Å². The molecule has 5 heteroatoms. The van der Waals surface area contributed by atoms with Crippen molar-refractivity contribution in [2.75, 3.05) is 13.7 Å². The van der Waals surface area contributed by atoms with Gasteiger partial charge >= 0.3 is 0 Å². The summed E-state index contributed by atoms with van der Waals surface area (Å²) < 4.78 is 7.24. The third-order valence-electron chi connectivity index (χ3n) is 5.07. The Hall–Kier alpha value is -1.36. The molecular formula is C15H23N3O2. The number of hydrogen-bond acceptors (Lipinski definition) is 3. The van der Waals surface area contributed by atoms with E-state index in [1.54, 1.807) is 18.0 Å². The van der Waals surface area contributed by atoms with Crippen LogP contribution in [0.1, 0.15) is 32.6 Å². The smallest absolute Gasteiger partial charge is 0.244 e. The van der Waals surface area contributed by atoms with Crippen LogP contribution in [0.25, 0.3) is 0 Å². The Morgan fingerprint density at radius 3 is 3.05 bits per heavy atom. The molecule has 3 atom stereocenters. The highest BCUT2D eigenvalue weighted by Gasteiger charge is 2.49. The van der Waals surface area contributed by atoms with Crippen LogP contribution in [-0.2, 0) is 16.1 Å². The summed E-state index contributed by atoms with van der Waals surface area (Å²) in [6.45, 7) is 3.54. The van der Waals surface area contributed by atoms with Crippen LogP contribution in [0.4, 0.5) is 0 Å². The van der Waals surface area contributed by atoms with Crippen LogP contribution in [0, 0.1) is 5.41 Å². The number of methoxy groups -OCH3 is 1. The van der Waals surface area contributed by atoms with Gasteiger partial charge in [-0.25, -0.2) is 0 Å². The third-order valence-corrected chi connectivity index (χ3v) is 5.07. The predicted molar refractivity (Wildman–Crippen MR) is 75.1 cm³/mol. The summed E-state index contributed by atoms with van der Waals surface area (Å²) in [5.74, 6) is 0.193. The highest BCUT2D eigenvalue weighted by Crippen LogP contribution is 2.47. The van der Waals surface area contributed by atoms with Crippen LogP contribution in [0.2, 0.25) is 0 Å². The van der Waals surface area contributed by atoms with E-state index in [0.717, 1.165) is 32.2 Å². The largest absolute Gasteiger partial charge is 0.381 e. The normalized spacial score (nSPS) is 33.2. The third kappa shape index (κ3) is 2.35. The van der Waals surface area contributed by atoms with Gasteiger partial charge in [0.25, 0.3) is 0 Å². The average molecular weight is 277 g/mol. The average Bonchev–Trinajstić information content (AvgIpc) is 3.04. The van der Waals surface area contributed by atoms with Crippen molar-refractivity contribution in [1.29, 1.82) is 0 Å². The minimum absolute atomic E-state index is 0.193. The quantitative estimate of drug-likeness (QED) is 0.844. The molecule has 1 amide bonds. The number of nitrogens with zero attached hydrogens (tertiary/aromatic N) is 3. The lowest BCUT2D eigenvalue weighted by Crippen LogP contribution is -2.47. The fourth-order valence-corrected chi connectivity index (χ4v) is 3.91. The lowest BCUT2D eigenvalue weighted by Gasteiger charge is -2.42. The molecule has 1 aromatic rings. The van der Waals surface area contributed by atoms with E-state index in [4.69, 9.17) is 4.74 Å². The fraction of sp³-hybridized carbons (Fsp3) is 0.733. The molecule has 5 nitrogen and oxygen atoms in total. The summed E-state index contributed by atoms with van der Waals surface area (Å²) in [6.07, 6.45) is 8.18. The predicted octanol–water partition coefficient (Wildman–Crippen LogP) is 1.69. The molecule has 0 spiro atoms. The molecule has 110 valence electrons. The summed E-state index contributed by atoms with van der Waals surface area (Å²) in [6, 6.07) is 2.22. The van der Waals surface area contributed by atoms with Crippen molar-refractivity contribution in [3.8, 4) is 0 Å². The van der Waals surface area contributed by atoms with Gasteiger partial charge in [-0.2, -0.15) is 5.10 Å². The number of likely N-dealkylation sites (tertiary alicyclic amines) is 1. The lowest BCUT2D eigenvalue weighted by molar-refractivity contribution is -0.135. The number of ether oxygens (including phenoxy) is 1. The lowest BCUT2D eigenvalue weighted by atomic mass is 9.71. The highest BCUT2D eigenvalue weighted by molar-refractivity contribution is 5.76. The fourth-order valence-electron chi connectivity index (χ4n) is 3.91. The number of hydrogen-bond donors (Lipinski definition) is 0. The van der Waals surface area contributed by atoms with Gasteiger partial charge in [-0.15, -0.1) is 0 Å². The van der Waals surface area contributed by atoms with Crippen molar-refractivity contribution in [2.45, 2.75) is 51.3 Å². The van der Waals surface area contributed by atoms with E-state index in [1.165, 1.54) is 0 Å². The first kappa shape index (κ1) is 13.6. The Bertz CT molecular complexity index is 473. The van der Waals surface area contributed by atoms with Crippen LogP contribution in [0.3, 0.4) is 0 Å². The van der Waals surface area contributed by atoms with E-state index in [9.17, 15) is 4.79 Å². The molecule has 1 saturated heterocycles. The second-order valence-corrected chi connectivity index (χ2v) is 6.35. The van der Waals surface area contributed by atoms with Crippen molar-refractivity contribution in [2.24, 2.45) is 5.41 Å². The number of fused-ring (bicyclic) bond motifs is 1. The molecule has 0 N–H and O–H groups in total. The zero-order valence-electron chi connectivity index (χ0n) is 12.3. The minimum atomic E-state index is 0.193. The van der Waals surface area contributed by atoms with Crippen LogP contribution in [-0.4, -0.2) is 46.4 Å². The van der Waals surface area contributed by atoms with E-state index >= 15 is 0 Å². The SMILES string of the molecule is CO[C@@H]1CC[C@H]2N(C(=O)Cn3cccn3)CC[C@@]2(C)C1. The van der Waals surface area contributed by atoms with Gasteiger partial charge in [0, 0.05) is 32.1 Å². The molecule has 1 aromatic heterocycles. The summed E-state index contributed by atoms with van der Waals surface area (Å²) in [5.41, 5.74) is 0.221. The molecule has 0 aromatic carbocycles. The zero-order valence-corrected chi connectivity index (χ0v) is 12.3. The van der Waals surface area contributed by atoms with Crippen molar-refractivity contribution >= 4 is 5.91 Å². The van der Waals surface area contributed by atoms with Crippen molar-refractivity contribution in [3.05, 3.63) is 18.5 Å². The number of rotatable bonds is 3. The van der Waals surface area contributed by atoms with Gasteiger partial charge in [-0.3, -0.25) is 9.48 Å². The Morgan fingerprint density at radius 2 is 2.35 bits per heavy atom. The van der Waals surface area contributed by atoms with E-state index in [1.807, 2.05) is 12.3 Å². The van der Waals surface area contributed by atoms with E-state index in [0.29, 0.717) is 18.7 Å². The van der Waals surface area contributed by atoms with Gasteiger partial charge in [0.1, 0.15) is 6.54 Å². The monoisotopic (exact) mass is 277 g/mol. The summed E-state index contributed by atoms with van der Waals surface area (Å²) in [7, 11) is 1.80. The molecule has 0 bridgehead atoms. The maximum absolute atomic E-state index is 12.5. The molecule has 3 rings (SSSR count). The first-order chi connectivity index (χ1) is 9.62. The number of carbonyl (C=O) groups is 1. The van der Waals surface area contributed by atoms with E-state index in [2.05, 4.69) is 16.9 Å². The molecule has 1 aliphatic carbocycles. The van der Waals surface area contributed by atoms with Gasteiger partial charge in [-0.1, -0.05) is 6.92 Å². The molecule has 2 aliphatic rings. The standard InChI is InChI=1S/C15H23N3O2/c1-15-6-9-18(13(15)5-4-12(10-15)20-2)14(19)11-17-8-3-7-16-17/h3,7-8,12-13H,4-6,9-11H2,1-2H3/t12-,13-,15+/m1/s1. The molecule has 0 unspecified atom stereocenters. The highest BCUT2D eigenvalue weighted by atomic mass is 16.5. The first-order valence-electron chi connectivity index (χ1n) is 7.42. The Labute approximate surface area is 119 Å². The van der Waals surface area contributed by atoms with Gasteiger partial charge in [0.05, 0.1) is 6.10 Å². The van der Waals surface area contributed by atoms with Gasteiger partial charge in [0.15, 0.2) is 0 Å². The Kier molecular flexibility index (Phi) is 3.54. The van der Waals surface area contributed by atoms with Gasteiger partial charge in [0.2, 0.25) is 5.91 Å². The number of aromatic nitrogens is 2. The Morgan fingerprint density at radius 1 is 1.50 bits per heavy atom. The summed E-state index contributed by atoms with van der Waals surface area (Å²) in [4.78, 5) is 14.6. The molecule has 20 heavy (non-hydrogen) atoms. The second-order valence-electron chi connectivity index (χ2n) is 6.35. The second kappa shape index (κ2) is 5.20. The molecule has 1 saturated carbocycles. The van der Waals surface area contributed by atoms with Gasteiger partial charge < -0.3 is 9.64 Å². The van der Waals surface area contributed by atoms with Crippen molar-refractivity contribution < 1.29 is 9.53 Å². The number of amides is 1. The molecular weight excluding hydrogens is 254 g/mol. The van der Waals surface area contributed by atoms with Crippen molar-refractivity contribution in [3.63, 3.8) is 0 Å². The molecule has 2 fully saturated rings. The topological polar surface area (TPSA) is 47.4 Å².